The second-order valence-corrected chi connectivity index (χ2v) is 4.04. The van der Waals surface area contributed by atoms with E-state index in [1.54, 1.807) is 7.11 Å². The molecular formula is C13H20N2O2. The van der Waals surface area contributed by atoms with Gasteiger partial charge < -0.3 is 15.4 Å². The number of nitrogens with one attached hydrogen (secondary N) is 2. The Balaban J connectivity index is 2.78. The Kier molecular flexibility index (Phi) is 4.97. The molecule has 0 saturated carbocycles. The molecule has 1 rings (SSSR count). The number of hydrogen-bond donors (Lipinski definition) is 2. The molecule has 0 aliphatic heterocycles. The van der Waals surface area contributed by atoms with Crippen LogP contribution in [-0.2, 0) is 4.79 Å². The SMILES string of the molecule is CNCCC(=O)Nc1cc(C)c(OC)cc1C. The van der Waals surface area contributed by atoms with Crippen LogP contribution < -0.4 is 15.4 Å². The molecule has 0 atom stereocenters. The lowest BCUT2D eigenvalue weighted by Crippen LogP contribution is -2.19. The predicted molar refractivity (Wildman–Crippen MR) is 69.6 cm³/mol. The molecule has 94 valence electrons. The number of rotatable bonds is 5. The largest absolute Gasteiger partial charge is 0.496 e. The Morgan fingerprint density at radius 3 is 2.59 bits per heavy atom. The third-order valence-electron chi connectivity index (χ3n) is 2.62. The number of amides is 1. The van der Waals surface area contributed by atoms with Crippen LogP contribution in [0.2, 0.25) is 0 Å². The van der Waals surface area contributed by atoms with Crippen LogP contribution in [-0.4, -0.2) is 26.6 Å². The van der Waals surface area contributed by atoms with Gasteiger partial charge in [-0.2, -0.15) is 0 Å². The highest BCUT2D eigenvalue weighted by Crippen LogP contribution is 2.25. The van der Waals surface area contributed by atoms with Gasteiger partial charge in [-0.1, -0.05) is 0 Å². The monoisotopic (exact) mass is 236 g/mol. The fourth-order valence-corrected chi connectivity index (χ4v) is 1.60. The van der Waals surface area contributed by atoms with Crippen molar-refractivity contribution in [3.8, 4) is 5.75 Å². The fraction of sp³-hybridized carbons (Fsp3) is 0.462. The van der Waals surface area contributed by atoms with E-state index in [0.717, 1.165) is 22.6 Å². The number of methoxy groups -OCH3 is 1. The second-order valence-electron chi connectivity index (χ2n) is 4.04. The molecule has 1 amide bonds. The summed E-state index contributed by atoms with van der Waals surface area (Å²) in [5.41, 5.74) is 2.87. The second kappa shape index (κ2) is 6.25. The maximum atomic E-state index is 11.6. The van der Waals surface area contributed by atoms with Gasteiger partial charge in [-0.05, 0) is 44.2 Å². The van der Waals surface area contributed by atoms with Crippen LogP contribution in [0.4, 0.5) is 5.69 Å². The van der Waals surface area contributed by atoms with Gasteiger partial charge in [0.2, 0.25) is 5.91 Å². The topological polar surface area (TPSA) is 50.4 Å². The van der Waals surface area contributed by atoms with Gasteiger partial charge in [0.1, 0.15) is 5.75 Å². The molecular weight excluding hydrogens is 216 g/mol. The average Bonchev–Trinajstić information content (AvgIpc) is 2.30. The van der Waals surface area contributed by atoms with E-state index in [2.05, 4.69) is 10.6 Å². The lowest BCUT2D eigenvalue weighted by atomic mass is 10.1. The molecule has 0 saturated heterocycles. The van der Waals surface area contributed by atoms with E-state index in [1.807, 2.05) is 33.0 Å². The van der Waals surface area contributed by atoms with Crippen LogP contribution in [0.5, 0.6) is 5.75 Å². The van der Waals surface area contributed by atoms with Crippen molar-refractivity contribution in [1.29, 1.82) is 0 Å². The summed E-state index contributed by atoms with van der Waals surface area (Å²) >= 11 is 0. The highest BCUT2D eigenvalue weighted by Gasteiger charge is 2.07. The number of ether oxygens (including phenoxy) is 1. The van der Waals surface area contributed by atoms with E-state index in [4.69, 9.17) is 4.74 Å². The van der Waals surface area contributed by atoms with Crippen LogP contribution in [0.1, 0.15) is 17.5 Å². The number of carbonyl (C=O) groups excluding carboxylic acids is 1. The summed E-state index contributed by atoms with van der Waals surface area (Å²) in [6.07, 6.45) is 0.473. The minimum absolute atomic E-state index is 0.0204. The fourth-order valence-electron chi connectivity index (χ4n) is 1.60. The molecule has 17 heavy (non-hydrogen) atoms. The van der Waals surface area contributed by atoms with Crippen molar-refractivity contribution < 1.29 is 9.53 Å². The molecule has 1 aromatic carbocycles. The van der Waals surface area contributed by atoms with E-state index in [0.29, 0.717) is 13.0 Å². The first kappa shape index (κ1) is 13.5. The maximum Gasteiger partial charge on any atom is 0.225 e. The summed E-state index contributed by atoms with van der Waals surface area (Å²) in [7, 11) is 3.48. The van der Waals surface area contributed by atoms with Gasteiger partial charge in [0, 0.05) is 18.7 Å². The zero-order chi connectivity index (χ0) is 12.8. The first-order valence-electron chi connectivity index (χ1n) is 5.68. The third-order valence-corrected chi connectivity index (χ3v) is 2.62. The summed E-state index contributed by atoms with van der Waals surface area (Å²) in [5.74, 6) is 0.864. The Labute approximate surface area is 102 Å². The summed E-state index contributed by atoms with van der Waals surface area (Å²) in [4.78, 5) is 11.6. The summed E-state index contributed by atoms with van der Waals surface area (Å²) in [6, 6.07) is 3.87. The third kappa shape index (κ3) is 3.75. The molecule has 4 heteroatoms. The summed E-state index contributed by atoms with van der Waals surface area (Å²) < 4.78 is 5.23. The van der Waals surface area contributed by atoms with Crippen LogP contribution in [0, 0.1) is 13.8 Å². The average molecular weight is 236 g/mol. The van der Waals surface area contributed by atoms with Gasteiger partial charge in [-0.15, -0.1) is 0 Å². The predicted octanol–water partition coefficient (Wildman–Crippen LogP) is 1.86. The van der Waals surface area contributed by atoms with Gasteiger partial charge in [-0.25, -0.2) is 0 Å². The van der Waals surface area contributed by atoms with Crippen LogP contribution in [0.15, 0.2) is 12.1 Å². The normalized spacial score (nSPS) is 10.1. The molecule has 4 nitrogen and oxygen atoms in total. The van der Waals surface area contributed by atoms with Gasteiger partial charge in [-0.3, -0.25) is 4.79 Å². The van der Waals surface area contributed by atoms with Crippen molar-refractivity contribution >= 4 is 11.6 Å². The zero-order valence-corrected chi connectivity index (χ0v) is 10.9. The molecule has 0 aliphatic rings. The summed E-state index contributed by atoms with van der Waals surface area (Å²) in [6.45, 7) is 4.59. The van der Waals surface area contributed by atoms with Crippen LogP contribution >= 0.6 is 0 Å². The minimum atomic E-state index is 0.0204. The molecule has 0 unspecified atom stereocenters. The quantitative estimate of drug-likeness (QED) is 0.820. The zero-order valence-electron chi connectivity index (χ0n) is 10.9. The minimum Gasteiger partial charge on any atom is -0.496 e. The first-order chi connectivity index (χ1) is 8.08. The molecule has 0 radical (unpaired) electrons. The van der Waals surface area contributed by atoms with E-state index >= 15 is 0 Å². The highest BCUT2D eigenvalue weighted by atomic mass is 16.5. The number of aryl methyl sites for hydroxylation is 2. The lowest BCUT2D eigenvalue weighted by Gasteiger charge is -2.12. The first-order valence-corrected chi connectivity index (χ1v) is 5.68. The molecule has 0 fully saturated rings. The van der Waals surface area contributed by atoms with Gasteiger partial charge in [0.05, 0.1) is 7.11 Å². The lowest BCUT2D eigenvalue weighted by molar-refractivity contribution is -0.116. The molecule has 0 aliphatic carbocycles. The molecule has 1 aromatic rings. The van der Waals surface area contributed by atoms with Gasteiger partial charge in [0.15, 0.2) is 0 Å². The Bertz CT molecular complexity index is 403. The highest BCUT2D eigenvalue weighted by molar-refractivity contribution is 5.91. The Morgan fingerprint density at radius 2 is 2.00 bits per heavy atom. The van der Waals surface area contributed by atoms with Gasteiger partial charge in [0.25, 0.3) is 0 Å². The molecule has 2 N–H and O–H groups in total. The number of benzene rings is 1. The molecule has 0 spiro atoms. The standard InChI is InChI=1S/C13H20N2O2/c1-9-8-12(17-4)10(2)7-11(9)15-13(16)5-6-14-3/h7-8,14H,5-6H2,1-4H3,(H,15,16). The smallest absolute Gasteiger partial charge is 0.225 e. The Hall–Kier alpha value is -1.55. The van der Waals surface area contributed by atoms with E-state index in [9.17, 15) is 4.79 Å². The molecule has 0 heterocycles. The van der Waals surface area contributed by atoms with E-state index in [1.165, 1.54) is 0 Å². The van der Waals surface area contributed by atoms with Crippen molar-refractivity contribution in [2.75, 3.05) is 26.0 Å². The van der Waals surface area contributed by atoms with E-state index < -0.39 is 0 Å². The number of anilines is 1. The number of hydrogen-bond acceptors (Lipinski definition) is 3. The van der Waals surface area contributed by atoms with Crippen molar-refractivity contribution in [1.82, 2.24) is 5.32 Å². The number of carbonyl (C=O) groups is 1. The van der Waals surface area contributed by atoms with Crippen molar-refractivity contribution in [2.45, 2.75) is 20.3 Å². The van der Waals surface area contributed by atoms with Crippen molar-refractivity contribution in [2.24, 2.45) is 0 Å². The van der Waals surface area contributed by atoms with Crippen molar-refractivity contribution in [3.05, 3.63) is 23.3 Å². The Morgan fingerprint density at radius 1 is 1.29 bits per heavy atom. The van der Waals surface area contributed by atoms with E-state index in [-0.39, 0.29) is 5.91 Å². The van der Waals surface area contributed by atoms with Crippen LogP contribution in [0.25, 0.3) is 0 Å². The molecule has 0 aromatic heterocycles. The van der Waals surface area contributed by atoms with Crippen molar-refractivity contribution in [3.63, 3.8) is 0 Å². The van der Waals surface area contributed by atoms with Gasteiger partial charge >= 0.3 is 0 Å². The maximum absolute atomic E-state index is 11.6. The van der Waals surface area contributed by atoms with Crippen LogP contribution in [0.3, 0.4) is 0 Å². The molecule has 0 bridgehead atoms. The summed E-state index contributed by atoms with van der Waals surface area (Å²) in [5, 5.41) is 5.85.